The first-order chi connectivity index (χ1) is 13.7. The van der Waals surface area contributed by atoms with Crippen molar-refractivity contribution in [2.45, 2.75) is 13.5 Å². The molecule has 0 amide bonds. The Morgan fingerprint density at radius 2 is 1.54 bits per heavy atom. The predicted octanol–water partition coefficient (Wildman–Crippen LogP) is 5.95. The van der Waals surface area contributed by atoms with Gasteiger partial charge in [-0.2, -0.15) is 0 Å². The second kappa shape index (κ2) is 7.97. The summed E-state index contributed by atoms with van der Waals surface area (Å²) in [5.74, 6) is 0.997. The SMILES string of the molecule is Cc1cccc(OCc2ccc(C(=O)Oc3ccc4ccccc4c3)cc2)c1. The Morgan fingerprint density at radius 3 is 2.32 bits per heavy atom. The normalized spacial score (nSPS) is 10.6. The van der Waals surface area contributed by atoms with Gasteiger partial charge < -0.3 is 9.47 Å². The number of ether oxygens (including phenoxy) is 2. The minimum Gasteiger partial charge on any atom is -0.489 e. The monoisotopic (exact) mass is 368 g/mol. The van der Waals surface area contributed by atoms with Crippen molar-refractivity contribution in [1.82, 2.24) is 0 Å². The third-order valence-corrected chi connectivity index (χ3v) is 4.52. The van der Waals surface area contributed by atoms with Crippen LogP contribution in [0.2, 0.25) is 0 Å². The maximum Gasteiger partial charge on any atom is 0.343 e. The first kappa shape index (κ1) is 17.8. The van der Waals surface area contributed by atoms with E-state index in [2.05, 4.69) is 0 Å². The van der Waals surface area contributed by atoms with Crippen molar-refractivity contribution in [3.05, 3.63) is 108 Å². The van der Waals surface area contributed by atoms with Crippen molar-refractivity contribution < 1.29 is 14.3 Å². The van der Waals surface area contributed by atoms with Crippen LogP contribution < -0.4 is 9.47 Å². The smallest absolute Gasteiger partial charge is 0.343 e. The molecule has 0 aliphatic carbocycles. The van der Waals surface area contributed by atoms with Crippen LogP contribution in [0.4, 0.5) is 0 Å². The topological polar surface area (TPSA) is 35.5 Å². The van der Waals surface area contributed by atoms with Crippen molar-refractivity contribution in [2.24, 2.45) is 0 Å². The summed E-state index contributed by atoms with van der Waals surface area (Å²) in [4.78, 5) is 12.4. The standard InChI is InChI=1S/C25H20O3/c1-18-5-4-8-23(15-18)27-17-19-9-11-21(12-10-19)25(26)28-24-14-13-20-6-2-3-7-22(20)16-24/h2-16H,17H2,1H3. The lowest BCUT2D eigenvalue weighted by molar-refractivity contribution is 0.0735. The molecule has 0 bridgehead atoms. The number of carbonyl (C=O) groups is 1. The maximum atomic E-state index is 12.4. The number of aryl methyl sites for hydroxylation is 1. The van der Waals surface area contributed by atoms with E-state index in [1.807, 2.05) is 85.8 Å². The summed E-state index contributed by atoms with van der Waals surface area (Å²) >= 11 is 0. The number of esters is 1. The lowest BCUT2D eigenvalue weighted by Gasteiger charge is -2.08. The highest BCUT2D eigenvalue weighted by Crippen LogP contribution is 2.22. The minimum absolute atomic E-state index is 0.374. The predicted molar refractivity (Wildman–Crippen MR) is 111 cm³/mol. The van der Waals surface area contributed by atoms with Crippen LogP contribution in [0.25, 0.3) is 10.8 Å². The molecule has 3 heteroatoms. The molecule has 3 nitrogen and oxygen atoms in total. The highest BCUT2D eigenvalue weighted by Gasteiger charge is 2.09. The molecule has 0 unspecified atom stereocenters. The lowest BCUT2D eigenvalue weighted by Crippen LogP contribution is -2.08. The van der Waals surface area contributed by atoms with E-state index < -0.39 is 0 Å². The number of fused-ring (bicyclic) bond motifs is 1. The summed E-state index contributed by atoms with van der Waals surface area (Å²) in [7, 11) is 0. The van der Waals surface area contributed by atoms with Crippen LogP contribution in [0.3, 0.4) is 0 Å². The van der Waals surface area contributed by atoms with Gasteiger partial charge in [-0.15, -0.1) is 0 Å². The van der Waals surface area contributed by atoms with Gasteiger partial charge in [-0.3, -0.25) is 0 Å². The molecule has 0 N–H and O–H groups in total. The Bertz CT molecular complexity index is 1110. The molecule has 0 aliphatic heterocycles. The molecule has 0 fully saturated rings. The first-order valence-electron chi connectivity index (χ1n) is 9.17. The number of carbonyl (C=O) groups excluding carboxylic acids is 1. The fraction of sp³-hybridized carbons (Fsp3) is 0.0800. The second-order valence-corrected chi connectivity index (χ2v) is 6.70. The molecule has 0 atom stereocenters. The van der Waals surface area contributed by atoms with Gasteiger partial charge in [-0.25, -0.2) is 4.79 Å². The zero-order chi connectivity index (χ0) is 19.3. The number of hydrogen-bond acceptors (Lipinski definition) is 3. The molecule has 138 valence electrons. The summed E-state index contributed by atoms with van der Waals surface area (Å²) in [6.45, 7) is 2.48. The molecule has 28 heavy (non-hydrogen) atoms. The first-order valence-corrected chi connectivity index (χ1v) is 9.17. The molecule has 0 aromatic heterocycles. The third-order valence-electron chi connectivity index (χ3n) is 4.52. The van der Waals surface area contributed by atoms with E-state index in [4.69, 9.17) is 9.47 Å². The van der Waals surface area contributed by atoms with Crippen LogP contribution in [0.15, 0.2) is 91.0 Å². The highest BCUT2D eigenvalue weighted by atomic mass is 16.5. The van der Waals surface area contributed by atoms with Crippen molar-refractivity contribution in [3.8, 4) is 11.5 Å². The van der Waals surface area contributed by atoms with Crippen LogP contribution >= 0.6 is 0 Å². The largest absolute Gasteiger partial charge is 0.489 e. The van der Waals surface area contributed by atoms with Crippen molar-refractivity contribution in [2.75, 3.05) is 0 Å². The number of rotatable bonds is 5. The highest BCUT2D eigenvalue weighted by molar-refractivity contribution is 5.92. The Morgan fingerprint density at radius 1 is 0.750 bits per heavy atom. The molecule has 4 rings (SSSR count). The molecule has 0 saturated heterocycles. The zero-order valence-electron chi connectivity index (χ0n) is 15.6. The van der Waals surface area contributed by atoms with E-state index in [9.17, 15) is 4.79 Å². The Balaban J connectivity index is 1.40. The van der Waals surface area contributed by atoms with Crippen molar-refractivity contribution in [3.63, 3.8) is 0 Å². The van der Waals surface area contributed by atoms with Crippen LogP contribution in [0, 0.1) is 6.92 Å². The summed E-state index contributed by atoms with van der Waals surface area (Å²) in [6, 6.07) is 28.8. The number of hydrogen-bond donors (Lipinski definition) is 0. The van der Waals surface area contributed by atoms with E-state index in [0.29, 0.717) is 17.9 Å². The van der Waals surface area contributed by atoms with Gasteiger partial charge in [-0.05, 0) is 65.2 Å². The average molecular weight is 368 g/mol. The van der Waals surface area contributed by atoms with Gasteiger partial charge in [-0.1, -0.05) is 54.6 Å². The van der Waals surface area contributed by atoms with Crippen molar-refractivity contribution in [1.29, 1.82) is 0 Å². The van der Waals surface area contributed by atoms with Crippen LogP contribution in [0.5, 0.6) is 11.5 Å². The third kappa shape index (κ3) is 4.21. The van der Waals surface area contributed by atoms with Crippen LogP contribution in [0.1, 0.15) is 21.5 Å². The molecular formula is C25H20O3. The molecule has 0 heterocycles. The average Bonchev–Trinajstić information content (AvgIpc) is 2.72. The molecular weight excluding hydrogens is 348 g/mol. The minimum atomic E-state index is -0.374. The van der Waals surface area contributed by atoms with Gasteiger partial charge >= 0.3 is 5.97 Å². The maximum absolute atomic E-state index is 12.4. The van der Waals surface area contributed by atoms with Crippen LogP contribution in [-0.2, 0) is 6.61 Å². The van der Waals surface area contributed by atoms with Crippen LogP contribution in [-0.4, -0.2) is 5.97 Å². The van der Waals surface area contributed by atoms with Crippen molar-refractivity contribution >= 4 is 16.7 Å². The van der Waals surface area contributed by atoms with E-state index in [0.717, 1.165) is 27.6 Å². The summed E-state index contributed by atoms with van der Waals surface area (Å²) in [5, 5.41) is 2.15. The Labute approximate surface area is 164 Å². The van der Waals surface area contributed by atoms with Gasteiger partial charge in [0.1, 0.15) is 18.1 Å². The fourth-order valence-corrected chi connectivity index (χ4v) is 3.01. The molecule has 4 aromatic carbocycles. The molecule has 0 aliphatic rings. The van der Waals surface area contributed by atoms with E-state index in [-0.39, 0.29) is 5.97 Å². The second-order valence-electron chi connectivity index (χ2n) is 6.70. The van der Waals surface area contributed by atoms with Gasteiger partial charge in [0.25, 0.3) is 0 Å². The summed E-state index contributed by atoms with van der Waals surface area (Å²) < 4.78 is 11.3. The van der Waals surface area contributed by atoms with E-state index >= 15 is 0 Å². The zero-order valence-corrected chi connectivity index (χ0v) is 15.6. The molecule has 4 aromatic rings. The molecule has 0 saturated carbocycles. The number of benzene rings is 4. The Hall–Kier alpha value is -3.59. The van der Waals surface area contributed by atoms with Gasteiger partial charge in [0, 0.05) is 0 Å². The van der Waals surface area contributed by atoms with E-state index in [1.54, 1.807) is 12.1 Å². The van der Waals surface area contributed by atoms with Gasteiger partial charge in [0.15, 0.2) is 0 Å². The summed E-state index contributed by atoms with van der Waals surface area (Å²) in [6.07, 6.45) is 0. The fourth-order valence-electron chi connectivity index (χ4n) is 3.01. The summed E-state index contributed by atoms with van der Waals surface area (Å²) in [5.41, 5.74) is 2.65. The molecule has 0 spiro atoms. The van der Waals surface area contributed by atoms with E-state index in [1.165, 1.54) is 0 Å². The Kier molecular flexibility index (Phi) is 5.07. The lowest BCUT2D eigenvalue weighted by atomic mass is 10.1. The molecule has 0 radical (unpaired) electrons. The van der Waals surface area contributed by atoms with Gasteiger partial charge in [0.2, 0.25) is 0 Å². The quantitative estimate of drug-likeness (QED) is 0.323. The van der Waals surface area contributed by atoms with Gasteiger partial charge in [0.05, 0.1) is 5.56 Å².